The molecule has 3 rings (SSSR count). The Hall–Kier alpha value is -5.16. The molecule has 0 spiro atoms. The van der Waals surface area contributed by atoms with Gasteiger partial charge in [0.1, 0.15) is 17.6 Å². The van der Waals surface area contributed by atoms with Gasteiger partial charge in [-0.05, 0) is 56.9 Å². The van der Waals surface area contributed by atoms with Gasteiger partial charge in [-0.25, -0.2) is 4.79 Å². The van der Waals surface area contributed by atoms with E-state index < -0.39 is 65.6 Å². The number of rotatable bonds is 26. The molecule has 17 nitrogen and oxygen atoms in total. The van der Waals surface area contributed by atoms with Crippen molar-refractivity contribution in [3.05, 3.63) is 48.0 Å². The number of nitrogens with zero attached hydrogens (tertiary/aromatic N) is 4. The molecule has 0 radical (unpaired) electrons. The van der Waals surface area contributed by atoms with Crippen LogP contribution in [-0.4, -0.2) is 157 Å². The van der Waals surface area contributed by atoms with Crippen LogP contribution in [0.15, 0.2) is 42.5 Å². The van der Waals surface area contributed by atoms with Crippen LogP contribution >= 0.6 is 0 Å². The van der Waals surface area contributed by atoms with Crippen LogP contribution in [-0.2, 0) is 59.0 Å². The van der Waals surface area contributed by atoms with E-state index in [1.54, 1.807) is 44.7 Å². The molecule has 2 N–H and O–H groups in total. The standard InChI is InChI=1S/C49H76N6O11/c1-13-32(4)43(52(8)46(61)42(31(2)3)51-48(63)49(6,7)53(9)38(56)24-18-15-19-27-55-39(57)25-26-40(55)58)37(64-10)30-41(59)54-28-20-23-36(54)44(65-11)33(5)45(60)50-35(47(62)66-12)29-34-21-16-14-17-22-34/h14,16-17,21-22,25-26,31-33,35-37,42-44H,13,15,18-20,23-24,27-30H2,1-12H3,(H,50,60)(H,51,63)/t32?,33?,35?,36-,37?,42?,43?,44?/m0/s1. The van der Waals surface area contributed by atoms with E-state index in [4.69, 9.17) is 14.2 Å². The van der Waals surface area contributed by atoms with E-state index in [0.717, 1.165) is 5.56 Å². The quantitative estimate of drug-likeness (QED) is 0.0781. The lowest BCUT2D eigenvalue weighted by Crippen LogP contribution is -2.62. The number of benzene rings is 1. The first-order chi connectivity index (χ1) is 31.2. The Morgan fingerprint density at radius 1 is 0.879 bits per heavy atom. The number of hydrogen-bond acceptors (Lipinski definition) is 11. The highest BCUT2D eigenvalue weighted by atomic mass is 16.5. The molecule has 1 aromatic carbocycles. The molecular weight excluding hydrogens is 849 g/mol. The number of likely N-dealkylation sites (N-methyl/N-ethyl adjacent to an activating group) is 2. The summed E-state index contributed by atoms with van der Waals surface area (Å²) in [6, 6.07) is 6.39. The average Bonchev–Trinajstić information content (AvgIpc) is 3.91. The van der Waals surface area contributed by atoms with E-state index in [1.807, 2.05) is 58.0 Å². The van der Waals surface area contributed by atoms with Gasteiger partial charge in [-0.3, -0.25) is 38.5 Å². The second-order valence-electron chi connectivity index (χ2n) is 18.5. The molecule has 66 heavy (non-hydrogen) atoms. The second-order valence-corrected chi connectivity index (χ2v) is 18.5. The molecule has 0 bridgehead atoms. The van der Waals surface area contributed by atoms with Gasteiger partial charge < -0.3 is 39.5 Å². The summed E-state index contributed by atoms with van der Waals surface area (Å²) in [7, 11) is 7.49. The van der Waals surface area contributed by atoms with Crippen LogP contribution in [0, 0.1) is 17.8 Å². The van der Waals surface area contributed by atoms with Gasteiger partial charge in [-0.15, -0.1) is 0 Å². The lowest BCUT2D eigenvalue weighted by atomic mass is 9.89. The predicted molar refractivity (Wildman–Crippen MR) is 248 cm³/mol. The molecule has 1 saturated heterocycles. The maximum absolute atomic E-state index is 14.5. The molecule has 0 saturated carbocycles. The van der Waals surface area contributed by atoms with E-state index >= 15 is 0 Å². The monoisotopic (exact) mass is 925 g/mol. The molecular formula is C49H76N6O11. The first kappa shape index (κ1) is 55.2. The largest absolute Gasteiger partial charge is 0.467 e. The average molecular weight is 925 g/mol. The number of nitrogens with one attached hydrogen (secondary N) is 2. The summed E-state index contributed by atoms with van der Waals surface area (Å²) in [4.78, 5) is 112. The van der Waals surface area contributed by atoms with Gasteiger partial charge in [0.2, 0.25) is 29.5 Å². The third kappa shape index (κ3) is 14.2. The molecule has 0 aliphatic carbocycles. The fourth-order valence-electron chi connectivity index (χ4n) is 8.85. The highest BCUT2D eigenvalue weighted by molar-refractivity contribution is 6.12. The van der Waals surface area contributed by atoms with Crippen molar-refractivity contribution in [3.8, 4) is 0 Å². The minimum atomic E-state index is -1.32. The Morgan fingerprint density at radius 3 is 2.08 bits per heavy atom. The number of amides is 7. The van der Waals surface area contributed by atoms with Gasteiger partial charge in [0.05, 0.1) is 43.7 Å². The lowest BCUT2D eigenvalue weighted by Gasteiger charge is -2.41. The summed E-state index contributed by atoms with van der Waals surface area (Å²) in [5.41, 5.74) is -0.471. The van der Waals surface area contributed by atoms with E-state index in [1.165, 1.54) is 43.3 Å². The fourth-order valence-corrected chi connectivity index (χ4v) is 8.85. The van der Waals surface area contributed by atoms with Gasteiger partial charge in [-0.2, -0.15) is 0 Å². The zero-order valence-electron chi connectivity index (χ0n) is 41.3. The van der Waals surface area contributed by atoms with Crippen LogP contribution in [0.5, 0.6) is 0 Å². The number of imide groups is 1. The zero-order valence-corrected chi connectivity index (χ0v) is 41.3. The molecule has 1 aromatic rings. The number of methoxy groups -OCH3 is 3. The van der Waals surface area contributed by atoms with Crippen LogP contribution in [0.25, 0.3) is 0 Å². The van der Waals surface area contributed by atoms with Crippen molar-refractivity contribution in [2.24, 2.45) is 17.8 Å². The Labute approximate surface area is 391 Å². The smallest absolute Gasteiger partial charge is 0.328 e. The molecule has 1 fully saturated rings. The highest BCUT2D eigenvalue weighted by Gasteiger charge is 2.44. The van der Waals surface area contributed by atoms with Gasteiger partial charge in [0.25, 0.3) is 11.8 Å². The third-order valence-corrected chi connectivity index (χ3v) is 13.5. The van der Waals surface area contributed by atoms with Crippen LogP contribution in [0.4, 0.5) is 0 Å². The van der Waals surface area contributed by atoms with E-state index in [-0.39, 0.29) is 67.2 Å². The number of likely N-dealkylation sites (tertiary alicyclic amines) is 1. The maximum atomic E-state index is 14.5. The number of esters is 1. The summed E-state index contributed by atoms with van der Waals surface area (Å²) in [5.74, 6) is -4.26. The highest BCUT2D eigenvalue weighted by Crippen LogP contribution is 2.30. The Bertz CT molecular complexity index is 1850. The van der Waals surface area contributed by atoms with Crippen molar-refractivity contribution < 1.29 is 52.6 Å². The van der Waals surface area contributed by atoms with E-state index in [0.29, 0.717) is 45.1 Å². The van der Waals surface area contributed by atoms with Crippen molar-refractivity contribution in [3.63, 3.8) is 0 Å². The molecule has 8 atom stereocenters. The number of ether oxygens (including phenoxy) is 3. The van der Waals surface area contributed by atoms with Crippen molar-refractivity contribution in [2.45, 2.75) is 148 Å². The van der Waals surface area contributed by atoms with Crippen molar-refractivity contribution in [1.82, 2.24) is 30.2 Å². The normalized spacial score (nSPS) is 18.3. The number of carbonyl (C=O) groups excluding carboxylic acids is 8. The Morgan fingerprint density at radius 2 is 1.52 bits per heavy atom. The number of hydrogen-bond donors (Lipinski definition) is 2. The van der Waals surface area contributed by atoms with E-state index in [9.17, 15) is 38.4 Å². The summed E-state index contributed by atoms with van der Waals surface area (Å²) < 4.78 is 17.0. The lowest BCUT2D eigenvalue weighted by molar-refractivity contribution is -0.150. The number of carbonyl (C=O) groups is 8. The van der Waals surface area contributed by atoms with Gasteiger partial charge >= 0.3 is 5.97 Å². The minimum absolute atomic E-state index is 0.0670. The number of unbranched alkanes of at least 4 members (excludes halogenated alkanes) is 2. The van der Waals surface area contributed by atoms with Crippen LogP contribution in [0.3, 0.4) is 0 Å². The van der Waals surface area contributed by atoms with Crippen LogP contribution in [0.2, 0.25) is 0 Å². The summed E-state index contributed by atoms with van der Waals surface area (Å²) >= 11 is 0. The molecule has 7 unspecified atom stereocenters. The van der Waals surface area contributed by atoms with Crippen LogP contribution in [0.1, 0.15) is 105 Å². The second kappa shape index (κ2) is 25.7. The fraction of sp³-hybridized carbons (Fsp3) is 0.673. The van der Waals surface area contributed by atoms with E-state index in [2.05, 4.69) is 10.6 Å². The topological polar surface area (TPSA) is 201 Å². The molecule has 2 aliphatic heterocycles. The zero-order chi connectivity index (χ0) is 49.5. The SMILES string of the molecule is CCC(C)C(C(CC(=O)N1CCC[C@H]1C(OC)C(C)C(=O)NC(Cc1ccccc1)C(=O)OC)OC)N(C)C(=O)C(NC(=O)C(C)(C)N(C)C(=O)CCCCCN1C(=O)C=CC1=O)C(C)C. The van der Waals surface area contributed by atoms with Gasteiger partial charge in [0.15, 0.2) is 0 Å². The third-order valence-electron chi connectivity index (χ3n) is 13.5. The van der Waals surface area contributed by atoms with Crippen molar-refractivity contribution in [1.29, 1.82) is 0 Å². The Kier molecular flexibility index (Phi) is 21.5. The van der Waals surface area contributed by atoms with Gasteiger partial charge in [0, 0.05) is 66.4 Å². The maximum Gasteiger partial charge on any atom is 0.328 e. The molecule has 2 heterocycles. The summed E-state index contributed by atoms with van der Waals surface area (Å²) in [5, 5.41) is 5.78. The van der Waals surface area contributed by atoms with Gasteiger partial charge in [-0.1, -0.05) is 77.8 Å². The first-order valence-electron chi connectivity index (χ1n) is 23.3. The molecule has 0 aromatic heterocycles. The summed E-state index contributed by atoms with van der Waals surface area (Å²) in [6.45, 7) is 13.3. The Balaban J connectivity index is 1.70. The molecule has 368 valence electrons. The minimum Gasteiger partial charge on any atom is -0.467 e. The van der Waals surface area contributed by atoms with Crippen molar-refractivity contribution >= 4 is 47.3 Å². The first-order valence-corrected chi connectivity index (χ1v) is 23.3. The summed E-state index contributed by atoms with van der Waals surface area (Å²) in [6.07, 6.45) is 4.95. The molecule has 17 heteroatoms. The molecule has 2 aliphatic rings. The predicted octanol–water partition coefficient (Wildman–Crippen LogP) is 3.67. The van der Waals surface area contributed by atoms with Crippen molar-refractivity contribution in [2.75, 3.05) is 48.5 Å². The van der Waals surface area contributed by atoms with Crippen LogP contribution < -0.4 is 10.6 Å². The molecule has 7 amide bonds.